The van der Waals surface area contributed by atoms with Crippen molar-refractivity contribution in [2.24, 2.45) is 11.8 Å². The second kappa shape index (κ2) is 8.14. The molecule has 3 heterocycles. The van der Waals surface area contributed by atoms with Crippen molar-refractivity contribution in [3.8, 4) is 6.07 Å². The van der Waals surface area contributed by atoms with E-state index >= 15 is 0 Å². The second-order valence-electron chi connectivity index (χ2n) is 10.1. The summed E-state index contributed by atoms with van der Waals surface area (Å²) in [6.45, 7) is 5.28. The van der Waals surface area contributed by atoms with Crippen molar-refractivity contribution in [2.75, 3.05) is 20.1 Å². The fourth-order valence-corrected chi connectivity index (χ4v) is 6.19. The number of rotatable bonds is 6. The fourth-order valence-electron chi connectivity index (χ4n) is 6.19. The van der Waals surface area contributed by atoms with Crippen LogP contribution in [0.25, 0.3) is 0 Å². The third-order valence-corrected chi connectivity index (χ3v) is 8.05. The number of hydrogen-bond donors (Lipinski definition) is 1. The molecule has 5 rings (SSSR count). The standard InChI is InChI=1S/C25H31N5O3/c1-14(24(32)30-19(11-26)8-18-9-21(18)30)12-28-13-20-10-22(28)25(33)29(20)15(2)16-4-6-17(7-5-16)23(31)27-3/h4-7,14-15,18-22H,8-10,12-13H2,1-3H3,(H,27,31)/t14-,15-,18+,19-,20+,21?,22+/m0/s1. The van der Waals surface area contributed by atoms with E-state index in [1.54, 1.807) is 19.2 Å². The summed E-state index contributed by atoms with van der Waals surface area (Å²) in [6.07, 6.45) is 2.62. The monoisotopic (exact) mass is 449 g/mol. The molecular formula is C25H31N5O3. The molecule has 3 aliphatic heterocycles. The lowest BCUT2D eigenvalue weighted by atomic mass is 10.0. The van der Waals surface area contributed by atoms with E-state index in [1.165, 1.54) is 0 Å². The first-order valence-corrected chi connectivity index (χ1v) is 11.9. The van der Waals surface area contributed by atoms with E-state index in [-0.39, 0.29) is 53.8 Å². The van der Waals surface area contributed by atoms with Gasteiger partial charge in [-0.3, -0.25) is 19.3 Å². The number of benzene rings is 1. The van der Waals surface area contributed by atoms with Crippen LogP contribution in [-0.4, -0.2) is 76.7 Å². The number of nitrogens with zero attached hydrogens (tertiary/aromatic N) is 4. The van der Waals surface area contributed by atoms with Crippen molar-refractivity contribution >= 4 is 17.7 Å². The smallest absolute Gasteiger partial charge is 0.251 e. The van der Waals surface area contributed by atoms with Crippen LogP contribution in [-0.2, 0) is 9.59 Å². The molecular weight excluding hydrogens is 418 g/mol. The summed E-state index contributed by atoms with van der Waals surface area (Å²) in [5.74, 6) is 0.332. The topological polar surface area (TPSA) is 96.8 Å². The minimum atomic E-state index is -0.286. The van der Waals surface area contributed by atoms with Gasteiger partial charge in [-0.25, -0.2) is 0 Å². The van der Waals surface area contributed by atoms with Gasteiger partial charge in [0.1, 0.15) is 6.04 Å². The van der Waals surface area contributed by atoms with Gasteiger partial charge in [-0.15, -0.1) is 0 Å². The zero-order valence-corrected chi connectivity index (χ0v) is 19.4. The highest BCUT2D eigenvalue weighted by atomic mass is 16.2. The Morgan fingerprint density at radius 1 is 1.18 bits per heavy atom. The first-order chi connectivity index (χ1) is 15.8. The van der Waals surface area contributed by atoms with Crippen LogP contribution in [0.5, 0.6) is 0 Å². The molecule has 2 bridgehead atoms. The van der Waals surface area contributed by atoms with E-state index in [0.29, 0.717) is 18.0 Å². The summed E-state index contributed by atoms with van der Waals surface area (Å²) >= 11 is 0. The molecule has 33 heavy (non-hydrogen) atoms. The maximum Gasteiger partial charge on any atom is 0.251 e. The molecule has 7 atom stereocenters. The first-order valence-electron chi connectivity index (χ1n) is 11.9. The van der Waals surface area contributed by atoms with Gasteiger partial charge in [0.2, 0.25) is 11.8 Å². The minimum absolute atomic E-state index is 0.0585. The molecule has 174 valence electrons. The van der Waals surface area contributed by atoms with Crippen LogP contribution in [0.3, 0.4) is 0 Å². The summed E-state index contributed by atoms with van der Waals surface area (Å²) in [5.41, 5.74) is 1.61. The van der Waals surface area contributed by atoms with Crippen LogP contribution in [0, 0.1) is 23.2 Å². The lowest BCUT2D eigenvalue weighted by Crippen LogP contribution is -2.53. The van der Waals surface area contributed by atoms with E-state index in [1.807, 2.05) is 35.8 Å². The zero-order chi connectivity index (χ0) is 23.4. The minimum Gasteiger partial charge on any atom is -0.355 e. The van der Waals surface area contributed by atoms with Crippen LogP contribution in [0.1, 0.15) is 55.1 Å². The molecule has 3 amide bonds. The van der Waals surface area contributed by atoms with Crippen molar-refractivity contribution < 1.29 is 14.4 Å². The van der Waals surface area contributed by atoms with Crippen molar-refractivity contribution in [3.63, 3.8) is 0 Å². The number of nitrogens with one attached hydrogen (secondary N) is 1. The number of piperazine rings is 1. The Hall–Kier alpha value is -2.92. The Balaban J connectivity index is 1.21. The molecule has 1 aliphatic carbocycles. The Morgan fingerprint density at radius 3 is 2.55 bits per heavy atom. The Bertz CT molecular complexity index is 1020. The largest absolute Gasteiger partial charge is 0.355 e. The molecule has 3 saturated heterocycles. The number of amides is 3. The molecule has 4 fully saturated rings. The molecule has 1 unspecified atom stereocenters. The van der Waals surface area contributed by atoms with Crippen LogP contribution in [0.2, 0.25) is 0 Å². The third-order valence-electron chi connectivity index (χ3n) is 8.05. The zero-order valence-electron chi connectivity index (χ0n) is 19.4. The van der Waals surface area contributed by atoms with Gasteiger partial charge in [0, 0.05) is 43.7 Å². The van der Waals surface area contributed by atoms with Gasteiger partial charge in [0.05, 0.1) is 18.2 Å². The van der Waals surface area contributed by atoms with Gasteiger partial charge in [0.15, 0.2) is 0 Å². The Labute approximate surface area is 194 Å². The van der Waals surface area contributed by atoms with Crippen molar-refractivity contribution in [1.29, 1.82) is 5.26 Å². The van der Waals surface area contributed by atoms with Crippen LogP contribution in [0.4, 0.5) is 0 Å². The van der Waals surface area contributed by atoms with Gasteiger partial charge in [-0.1, -0.05) is 19.1 Å². The van der Waals surface area contributed by atoms with Crippen LogP contribution < -0.4 is 5.32 Å². The molecule has 0 aromatic heterocycles. The van der Waals surface area contributed by atoms with Crippen LogP contribution in [0.15, 0.2) is 24.3 Å². The third kappa shape index (κ3) is 3.59. The molecule has 0 radical (unpaired) electrons. The summed E-state index contributed by atoms with van der Waals surface area (Å²) in [5, 5.41) is 12.0. The highest BCUT2D eigenvalue weighted by molar-refractivity contribution is 5.94. The predicted octanol–water partition coefficient (Wildman–Crippen LogP) is 1.54. The van der Waals surface area contributed by atoms with Gasteiger partial charge in [-0.2, -0.15) is 5.26 Å². The number of nitriles is 1. The quantitative estimate of drug-likeness (QED) is 0.711. The Morgan fingerprint density at radius 2 is 1.91 bits per heavy atom. The lowest BCUT2D eigenvalue weighted by molar-refractivity contribution is -0.142. The van der Waals surface area contributed by atoms with E-state index in [0.717, 1.165) is 31.4 Å². The van der Waals surface area contributed by atoms with Crippen molar-refractivity contribution in [3.05, 3.63) is 35.4 Å². The first kappa shape index (κ1) is 21.9. The molecule has 8 heteroatoms. The predicted molar refractivity (Wildman–Crippen MR) is 121 cm³/mol. The SMILES string of the molecule is CNC(=O)c1ccc([C@H](C)N2C(=O)[C@H]3C[C@@H]2CN3C[C@H](C)C(=O)N2C3C[C@H]3C[C@H]2C#N)cc1. The lowest BCUT2D eigenvalue weighted by Gasteiger charge is -2.38. The molecule has 8 nitrogen and oxygen atoms in total. The van der Waals surface area contributed by atoms with Crippen molar-refractivity contribution in [2.45, 2.75) is 63.3 Å². The highest BCUT2D eigenvalue weighted by Gasteiger charge is 2.55. The molecule has 1 aromatic carbocycles. The molecule has 4 aliphatic rings. The summed E-state index contributed by atoms with van der Waals surface area (Å²) < 4.78 is 0. The Kier molecular flexibility index (Phi) is 5.40. The van der Waals surface area contributed by atoms with E-state index in [2.05, 4.69) is 16.3 Å². The maximum atomic E-state index is 13.3. The van der Waals surface area contributed by atoms with Gasteiger partial charge < -0.3 is 15.1 Å². The summed E-state index contributed by atoms with van der Waals surface area (Å²) in [4.78, 5) is 44.1. The molecule has 0 spiro atoms. The fraction of sp³-hybridized carbons (Fsp3) is 0.600. The number of piperidine rings is 1. The average Bonchev–Trinajstić information content (AvgIpc) is 3.15. The number of carbonyl (C=O) groups excluding carboxylic acids is 3. The normalized spacial score (nSPS) is 31.8. The van der Waals surface area contributed by atoms with Gasteiger partial charge in [0.25, 0.3) is 5.91 Å². The van der Waals surface area contributed by atoms with Gasteiger partial charge >= 0.3 is 0 Å². The molecule has 1 saturated carbocycles. The second-order valence-corrected chi connectivity index (χ2v) is 10.1. The molecule has 1 aromatic rings. The summed E-state index contributed by atoms with van der Waals surface area (Å²) in [6, 6.07) is 9.56. The van der Waals surface area contributed by atoms with Crippen molar-refractivity contribution in [1.82, 2.24) is 20.0 Å². The highest BCUT2D eigenvalue weighted by Crippen LogP contribution is 2.48. The van der Waals surface area contributed by atoms with E-state index in [9.17, 15) is 19.6 Å². The number of fused-ring (bicyclic) bond motifs is 3. The van der Waals surface area contributed by atoms with Gasteiger partial charge in [-0.05, 0) is 49.8 Å². The van der Waals surface area contributed by atoms with E-state index < -0.39 is 0 Å². The number of likely N-dealkylation sites (tertiary alicyclic amines) is 3. The average molecular weight is 450 g/mol. The molecule has 1 N–H and O–H groups in total. The summed E-state index contributed by atoms with van der Waals surface area (Å²) in [7, 11) is 1.61. The maximum absolute atomic E-state index is 13.3. The number of hydrogen-bond acceptors (Lipinski definition) is 5. The number of carbonyl (C=O) groups is 3. The van der Waals surface area contributed by atoms with Crippen LogP contribution >= 0.6 is 0 Å². The van der Waals surface area contributed by atoms with E-state index in [4.69, 9.17) is 0 Å².